The molecule has 0 amide bonds. The standard InChI is InChI=1S/C16H16FNO2/c1-11(12-5-3-2-4-6-12)18-15(16(19)20)13-7-9-14(17)10-8-13/h2-11,15,18H,1H3,(H,19,20). The van der Waals surface area contributed by atoms with Crippen molar-refractivity contribution in [1.29, 1.82) is 0 Å². The molecule has 0 bridgehead atoms. The first kappa shape index (κ1) is 14.2. The maximum Gasteiger partial charge on any atom is 0.325 e. The Morgan fingerprint density at radius 2 is 1.65 bits per heavy atom. The summed E-state index contributed by atoms with van der Waals surface area (Å²) in [7, 11) is 0. The minimum Gasteiger partial charge on any atom is -0.480 e. The van der Waals surface area contributed by atoms with Crippen LogP contribution in [0.1, 0.15) is 30.1 Å². The molecule has 20 heavy (non-hydrogen) atoms. The third-order valence-electron chi connectivity index (χ3n) is 3.17. The number of carbonyl (C=O) groups is 1. The zero-order chi connectivity index (χ0) is 14.5. The van der Waals surface area contributed by atoms with Crippen LogP contribution in [0.4, 0.5) is 4.39 Å². The van der Waals surface area contributed by atoms with Crippen LogP contribution in [0, 0.1) is 5.82 Å². The van der Waals surface area contributed by atoms with E-state index in [0.29, 0.717) is 5.56 Å². The molecule has 0 saturated carbocycles. The molecule has 0 saturated heterocycles. The van der Waals surface area contributed by atoms with Gasteiger partial charge in [0.15, 0.2) is 0 Å². The van der Waals surface area contributed by atoms with E-state index >= 15 is 0 Å². The Balaban J connectivity index is 2.18. The lowest BCUT2D eigenvalue weighted by Crippen LogP contribution is -2.30. The molecule has 4 heteroatoms. The highest BCUT2D eigenvalue weighted by molar-refractivity contribution is 5.75. The van der Waals surface area contributed by atoms with Gasteiger partial charge in [-0.1, -0.05) is 42.5 Å². The van der Waals surface area contributed by atoms with Crippen molar-refractivity contribution in [2.75, 3.05) is 0 Å². The topological polar surface area (TPSA) is 49.3 Å². The van der Waals surface area contributed by atoms with Crippen LogP contribution in [0.3, 0.4) is 0 Å². The summed E-state index contributed by atoms with van der Waals surface area (Å²) in [6, 6.07) is 14.1. The first-order chi connectivity index (χ1) is 9.58. The summed E-state index contributed by atoms with van der Waals surface area (Å²) < 4.78 is 12.9. The summed E-state index contributed by atoms with van der Waals surface area (Å²) >= 11 is 0. The minimum absolute atomic E-state index is 0.123. The molecule has 2 aromatic carbocycles. The van der Waals surface area contributed by atoms with Crippen molar-refractivity contribution >= 4 is 5.97 Å². The van der Waals surface area contributed by atoms with E-state index in [0.717, 1.165) is 5.56 Å². The summed E-state index contributed by atoms with van der Waals surface area (Å²) in [5, 5.41) is 12.4. The van der Waals surface area contributed by atoms with Crippen LogP contribution < -0.4 is 5.32 Å². The maximum absolute atomic E-state index is 12.9. The molecule has 0 spiro atoms. The fourth-order valence-corrected chi connectivity index (χ4v) is 2.05. The second-order valence-corrected chi connectivity index (χ2v) is 4.62. The summed E-state index contributed by atoms with van der Waals surface area (Å²) in [4.78, 5) is 11.4. The first-order valence-electron chi connectivity index (χ1n) is 6.37. The van der Waals surface area contributed by atoms with Crippen LogP contribution in [-0.2, 0) is 4.79 Å². The number of rotatable bonds is 5. The predicted molar refractivity (Wildman–Crippen MR) is 74.8 cm³/mol. The molecule has 0 aliphatic rings. The minimum atomic E-state index is -0.987. The predicted octanol–water partition coefficient (Wildman–Crippen LogP) is 3.30. The van der Waals surface area contributed by atoms with Crippen molar-refractivity contribution in [2.45, 2.75) is 19.0 Å². The van der Waals surface area contributed by atoms with Crippen molar-refractivity contribution < 1.29 is 14.3 Å². The third kappa shape index (κ3) is 3.42. The van der Waals surface area contributed by atoms with Gasteiger partial charge in [0, 0.05) is 6.04 Å². The number of hydrogen-bond donors (Lipinski definition) is 2. The fourth-order valence-electron chi connectivity index (χ4n) is 2.05. The van der Waals surface area contributed by atoms with E-state index in [9.17, 15) is 14.3 Å². The van der Waals surface area contributed by atoms with Gasteiger partial charge in [-0.3, -0.25) is 10.1 Å². The molecule has 2 unspecified atom stereocenters. The number of hydrogen-bond acceptors (Lipinski definition) is 2. The van der Waals surface area contributed by atoms with Crippen LogP contribution in [0.5, 0.6) is 0 Å². The molecule has 0 aliphatic heterocycles. The van der Waals surface area contributed by atoms with Gasteiger partial charge >= 0.3 is 5.97 Å². The van der Waals surface area contributed by atoms with E-state index < -0.39 is 12.0 Å². The van der Waals surface area contributed by atoms with Crippen molar-refractivity contribution in [1.82, 2.24) is 5.32 Å². The van der Waals surface area contributed by atoms with Crippen molar-refractivity contribution in [3.63, 3.8) is 0 Å². The summed E-state index contributed by atoms with van der Waals surface area (Å²) in [5.41, 5.74) is 1.53. The second-order valence-electron chi connectivity index (χ2n) is 4.62. The van der Waals surface area contributed by atoms with Crippen molar-refractivity contribution in [3.8, 4) is 0 Å². The fraction of sp³-hybridized carbons (Fsp3) is 0.188. The van der Waals surface area contributed by atoms with Gasteiger partial charge < -0.3 is 5.11 Å². The molecule has 0 fully saturated rings. The smallest absolute Gasteiger partial charge is 0.325 e. The van der Waals surface area contributed by atoms with E-state index in [1.165, 1.54) is 24.3 Å². The molecular weight excluding hydrogens is 257 g/mol. The Morgan fingerprint density at radius 1 is 1.05 bits per heavy atom. The van der Waals surface area contributed by atoms with E-state index in [1.54, 1.807) is 0 Å². The summed E-state index contributed by atoms with van der Waals surface area (Å²) in [6.07, 6.45) is 0. The zero-order valence-corrected chi connectivity index (χ0v) is 11.1. The molecule has 0 aliphatic carbocycles. The van der Waals surface area contributed by atoms with Crippen LogP contribution in [-0.4, -0.2) is 11.1 Å². The third-order valence-corrected chi connectivity index (χ3v) is 3.17. The average Bonchev–Trinajstić information content (AvgIpc) is 2.46. The molecule has 3 nitrogen and oxygen atoms in total. The molecule has 0 heterocycles. The highest BCUT2D eigenvalue weighted by Gasteiger charge is 2.22. The Hall–Kier alpha value is -2.20. The van der Waals surface area contributed by atoms with E-state index in [4.69, 9.17) is 0 Å². The van der Waals surface area contributed by atoms with Gasteiger partial charge in [0.05, 0.1) is 0 Å². The average molecular weight is 273 g/mol. The number of nitrogens with one attached hydrogen (secondary N) is 1. The number of carboxylic acid groups (broad SMARTS) is 1. The van der Waals surface area contributed by atoms with Crippen molar-refractivity contribution in [2.24, 2.45) is 0 Å². The second kappa shape index (κ2) is 6.30. The van der Waals surface area contributed by atoms with E-state index in [1.807, 2.05) is 37.3 Å². The van der Waals surface area contributed by atoms with Gasteiger partial charge in [-0.05, 0) is 30.2 Å². The molecule has 0 radical (unpaired) electrons. The zero-order valence-electron chi connectivity index (χ0n) is 11.1. The summed E-state index contributed by atoms with van der Waals surface area (Å²) in [6.45, 7) is 1.90. The van der Waals surface area contributed by atoms with Crippen LogP contribution in [0.25, 0.3) is 0 Å². The van der Waals surface area contributed by atoms with Gasteiger partial charge in [-0.25, -0.2) is 4.39 Å². The van der Waals surface area contributed by atoms with Gasteiger partial charge in [-0.2, -0.15) is 0 Å². The lowest BCUT2D eigenvalue weighted by Gasteiger charge is -2.21. The molecule has 2 atom stereocenters. The number of carboxylic acids is 1. The Kier molecular flexibility index (Phi) is 4.48. The van der Waals surface area contributed by atoms with E-state index in [2.05, 4.69) is 5.32 Å². The lowest BCUT2D eigenvalue weighted by atomic mass is 10.0. The number of benzene rings is 2. The lowest BCUT2D eigenvalue weighted by molar-refractivity contribution is -0.139. The van der Waals surface area contributed by atoms with Gasteiger partial charge in [0.1, 0.15) is 11.9 Å². The van der Waals surface area contributed by atoms with Crippen LogP contribution in [0.15, 0.2) is 54.6 Å². The first-order valence-corrected chi connectivity index (χ1v) is 6.37. The monoisotopic (exact) mass is 273 g/mol. The molecule has 0 aromatic heterocycles. The SMILES string of the molecule is CC(NC(C(=O)O)c1ccc(F)cc1)c1ccccc1. The van der Waals surface area contributed by atoms with Gasteiger partial charge in [-0.15, -0.1) is 0 Å². The van der Waals surface area contributed by atoms with Gasteiger partial charge in [0.2, 0.25) is 0 Å². The highest BCUT2D eigenvalue weighted by atomic mass is 19.1. The molecular formula is C16H16FNO2. The van der Waals surface area contributed by atoms with Crippen molar-refractivity contribution in [3.05, 3.63) is 71.5 Å². The quantitative estimate of drug-likeness (QED) is 0.878. The molecule has 104 valence electrons. The summed E-state index contributed by atoms with van der Waals surface area (Å²) in [5.74, 6) is -1.37. The highest BCUT2D eigenvalue weighted by Crippen LogP contribution is 2.20. The molecule has 2 rings (SSSR count). The van der Waals surface area contributed by atoms with Gasteiger partial charge in [0.25, 0.3) is 0 Å². The maximum atomic E-state index is 12.9. The Morgan fingerprint density at radius 3 is 2.20 bits per heavy atom. The molecule has 2 aromatic rings. The number of aliphatic carboxylic acids is 1. The number of halogens is 1. The van der Waals surface area contributed by atoms with Crippen LogP contribution >= 0.6 is 0 Å². The van der Waals surface area contributed by atoms with Crippen LogP contribution in [0.2, 0.25) is 0 Å². The Bertz CT molecular complexity index is 569. The largest absolute Gasteiger partial charge is 0.480 e. The normalized spacial score (nSPS) is 13.7. The Labute approximate surface area is 117 Å². The van der Waals surface area contributed by atoms with E-state index in [-0.39, 0.29) is 11.9 Å². The molecule has 2 N–H and O–H groups in total.